The number of aromatic nitrogens is 1. The minimum absolute atomic E-state index is 0.0948. The highest BCUT2D eigenvalue weighted by Crippen LogP contribution is 2.35. The van der Waals surface area contributed by atoms with E-state index in [4.69, 9.17) is 4.74 Å². The van der Waals surface area contributed by atoms with Crippen molar-refractivity contribution < 1.29 is 9.53 Å². The second-order valence-electron chi connectivity index (χ2n) is 10.2. The molecule has 0 saturated carbocycles. The van der Waals surface area contributed by atoms with Crippen LogP contribution in [0.2, 0.25) is 0 Å². The Bertz CT molecular complexity index is 1260. The molecule has 0 spiro atoms. The number of ether oxygens (including phenoxy) is 1. The Kier molecular flexibility index (Phi) is 7.10. The van der Waals surface area contributed by atoms with Gasteiger partial charge in [0, 0.05) is 30.7 Å². The molecule has 1 N–H and O–H groups in total. The number of allylic oxidation sites excluding steroid dienone is 3. The average Bonchev–Trinajstić information content (AvgIpc) is 3.48. The number of fused-ring (bicyclic) bond motifs is 2. The molecule has 1 aromatic heterocycles. The molecule has 1 saturated heterocycles. The lowest BCUT2D eigenvalue weighted by atomic mass is 9.88. The molecule has 36 heavy (non-hydrogen) atoms. The Balaban J connectivity index is 1.40. The fraction of sp³-hybridized carbons (Fsp3) is 0.483. The molecule has 1 unspecified atom stereocenters. The number of likely N-dealkylation sites (N-methyl/N-ethyl adjacent to an activating group) is 1. The van der Waals surface area contributed by atoms with Crippen molar-refractivity contribution in [2.24, 2.45) is 9.98 Å². The summed E-state index contributed by atoms with van der Waals surface area (Å²) in [4.78, 5) is 28.8. The zero-order valence-electron chi connectivity index (χ0n) is 21.9. The van der Waals surface area contributed by atoms with E-state index in [9.17, 15) is 4.79 Å². The summed E-state index contributed by atoms with van der Waals surface area (Å²) in [7, 11) is 5.36. The number of nitrogens with one attached hydrogen (secondary N) is 1. The second-order valence-corrected chi connectivity index (χ2v) is 10.2. The van der Waals surface area contributed by atoms with Crippen molar-refractivity contribution in [3.8, 4) is 0 Å². The lowest BCUT2D eigenvalue weighted by Crippen LogP contribution is -2.40. The number of hydrogen-bond donors (Lipinski definition) is 1. The smallest absolute Gasteiger partial charge is 0.236 e. The van der Waals surface area contributed by atoms with Gasteiger partial charge in [-0.05, 0) is 86.0 Å². The molecule has 7 heteroatoms. The summed E-state index contributed by atoms with van der Waals surface area (Å²) in [5, 5.41) is 1.31. The van der Waals surface area contributed by atoms with Crippen LogP contribution in [0.25, 0.3) is 16.5 Å². The molecule has 0 radical (unpaired) electrons. The number of carbonyl (C=O) groups is 1. The first-order valence-electron chi connectivity index (χ1n) is 13.1. The van der Waals surface area contributed by atoms with Gasteiger partial charge < -0.3 is 14.6 Å². The van der Waals surface area contributed by atoms with E-state index in [2.05, 4.69) is 57.1 Å². The maximum atomic E-state index is 12.1. The van der Waals surface area contributed by atoms with Crippen LogP contribution in [0.4, 0.5) is 0 Å². The second kappa shape index (κ2) is 10.4. The quantitative estimate of drug-likeness (QED) is 0.649. The van der Waals surface area contributed by atoms with Gasteiger partial charge in [0.05, 0.1) is 19.7 Å². The molecule has 3 aliphatic rings. The van der Waals surface area contributed by atoms with E-state index in [1.165, 1.54) is 27.7 Å². The normalized spacial score (nSPS) is 23.8. The minimum atomic E-state index is 0.0948. The monoisotopic (exact) mass is 487 g/mol. The number of aromatic amines is 1. The number of H-pyrrole nitrogens is 1. The standard InChI is InChI=1S/C29H37N5O2/c1-5-22-23-15-20(19-11-13-34(14-12-19)17-27(35)33(2)3)9-10-24(23)32-28(22)21-7-6-8-25-29(31-18-30-25)26(16-21)36-4/h7,9-10,15-16,18-19,25,32H,5-6,8,11-14,17H2,1-4H3/b21-7+,26-16+. The molecule has 3 heterocycles. The van der Waals surface area contributed by atoms with Gasteiger partial charge in [-0.1, -0.05) is 19.1 Å². The summed E-state index contributed by atoms with van der Waals surface area (Å²) >= 11 is 0. The number of hydrogen-bond acceptors (Lipinski definition) is 5. The first-order chi connectivity index (χ1) is 17.5. The molecule has 1 amide bonds. The van der Waals surface area contributed by atoms with Crippen LogP contribution in [0, 0.1) is 0 Å². The molecular weight excluding hydrogens is 450 g/mol. The van der Waals surface area contributed by atoms with Crippen LogP contribution in [0.1, 0.15) is 55.3 Å². The molecular formula is C29H37N5O2. The van der Waals surface area contributed by atoms with Gasteiger partial charge in [0.15, 0.2) is 0 Å². The summed E-state index contributed by atoms with van der Waals surface area (Å²) < 4.78 is 5.75. The molecule has 1 fully saturated rings. The number of amides is 1. The lowest BCUT2D eigenvalue weighted by Gasteiger charge is -2.32. The van der Waals surface area contributed by atoms with E-state index in [1.807, 2.05) is 14.1 Å². The predicted molar refractivity (Wildman–Crippen MR) is 147 cm³/mol. The van der Waals surface area contributed by atoms with Crippen molar-refractivity contribution >= 4 is 34.4 Å². The zero-order valence-corrected chi connectivity index (χ0v) is 21.9. The van der Waals surface area contributed by atoms with Crippen molar-refractivity contribution in [2.45, 2.75) is 51.0 Å². The lowest BCUT2D eigenvalue weighted by molar-refractivity contribution is -0.130. The highest BCUT2D eigenvalue weighted by Gasteiger charge is 2.26. The molecule has 1 atom stereocenters. The van der Waals surface area contributed by atoms with Gasteiger partial charge in [-0.3, -0.25) is 14.7 Å². The van der Waals surface area contributed by atoms with Gasteiger partial charge in [-0.15, -0.1) is 0 Å². The van der Waals surface area contributed by atoms with Crippen molar-refractivity contribution in [1.82, 2.24) is 14.8 Å². The number of nitrogens with zero attached hydrogens (tertiary/aromatic N) is 4. The van der Waals surface area contributed by atoms with Crippen LogP contribution in [0.5, 0.6) is 0 Å². The van der Waals surface area contributed by atoms with E-state index in [-0.39, 0.29) is 11.9 Å². The van der Waals surface area contributed by atoms with Crippen molar-refractivity contribution in [1.29, 1.82) is 0 Å². The van der Waals surface area contributed by atoms with Crippen molar-refractivity contribution in [3.63, 3.8) is 0 Å². The number of carbonyl (C=O) groups excluding carboxylic acids is 1. The van der Waals surface area contributed by atoms with Gasteiger partial charge in [0.1, 0.15) is 17.8 Å². The maximum absolute atomic E-state index is 12.1. The summed E-state index contributed by atoms with van der Waals surface area (Å²) in [5.74, 6) is 1.50. The zero-order chi connectivity index (χ0) is 25.2. The van der Waals surface area contributed by atoms with E-state index in [1.54, 1.807) is 18.3 Å². The Morgan fingerprint density at radius 1 is 1.22 bits per heavy atom. The molecule has 2 aromatic rings. The SMILES string of the molecule is CCc1c(C2=C/CCC3N=CN=C3/C(OC)=C\2)[nH]c2ccc(C3CCN(CC(=O)N(C)C)CC3)cc12. The van der Waals surface area contributed by atoms with Gasteiger partial charge in [0.2, 0.25) is 5.91 Å². The molecule has 1 aromatic carbocycles. The molecule has 0 bridgehead atoms. The van der Waals surface area contributed by atoms with Crippen LogP contribution in [-0.4, -0.2) is 79.6 Å². The largest absolute Gasteiger partial charge is 0.495 e. The maximum Gasteiger partial charge on any atom is 0.236 e. The first-order valence-corrected chi connectivity index (χ1v) is 13.1. The number of methoxy groups -OCH3 is 1. The van der Waals surface area contributed by atoms with Crippen LogP contribution in [0.15, 0.2) is 46.1 Å². The highest BCUT2D eigenvalue weighted by molar-refractivity contribution is 6.10. The van der Waals surface area contributed by atoms with E-state index in [0.29, 0.717) is 12.5 Å². The molecule has 7 nitrogen and oxygen atoms in total. The summed E-state index contributed by atoms with van der Waals surface area (Å²) in [6.45, 7) is 4.68. The number of rotatable bonds is 6. The molecule has 1 aliphatic carbocycles. The van der Waals surface area contributed by atoms with Crippen molar-refractivity contribution in [3.05, 3.63) is 52.9 Å². The highest BCUT2D eigenvalue weighted by atomic mass is 16.5. The van der Waals surface area contributed by atoms with Gasteiger partial charge in [-0.2, -0.15) is 0 Å². The van der Waals surface area contributed by atoms with Crippen LogP contribution in [-0.2, 0) is 16.0 Å². The summed E-state index contributed by atoms with van der Waals surface area (Å²) in [6.07, 6.45) is 11.1. The predicted octanol–water partition coefficient (Wildman–Crippen LogP) is 4.56. The van der Waals surface area contributed by atoms with Crippen LogP contribution >= 0.6 is 0 Å². The van der Waals surface area contributed by atoms with E-state index >= 15 is 0 Å². The van der Waals surface area contributed by atoms with Gasteiger partial charge >= 0.3 is 0 Å². The van der Waals surface area contributed by atoms with Gasteiger partial charge in [0.25, 0.3) is 0 Å². The Labute approximate surface area is 213 Å². The number of benzene rings is 1. The Morgan fingerprint density at radius 2 is 2.03 bits per heavy atom. The fourth-order valence-electron chi connectivity index (χ4n) is 5.67. The van der Waals surface area contributed by atoms with Crippen LogP contribution < -0.4 is 0 Å². The third-order valence-corrected chi connectivity index (χ3v) is 7.81. The average molecular weight is 488 g/mol. The topological polar surface area (TPSA) is 73.3 Å². The number of aryl methyl sites for hydroxylation is 1. The molecule has 5 rings (SSSR count). The minimum Gasteiger partial charge on any atom is -0.495 e. The third kappa shape index (κ3) is 4.76. The summed E-state index contributed by atoms with van der Waals surface area (Å²) in [6, 6.07) is 7.02. The van der Waals surface area contributed by atoms with Crippen molar-refractivity contribution in [2.75, 3.05) is 40.8 Å². The third-order valence-electron chi connectivity index (χ3n) is 7.81. The first kappa shape index (κ1) is 24.5. The molecule has 2 aliphatic heterocycles. The van der Waals surface area contributed by atoms with E-state index in [0.717, 1.165) is 62.2 Å². The summed E-state index contributed by atoms with van der Waals surface area (Å²) in [5.41, 5.74) is 7.19. The number of piperidine rings is 1. The fourth-order valence-corrected chi connectivity index (χ4v) is 5.67. The Hall–Kier alpha value is -3.19. The Morgan fingerprint density at radius 3 is 2.75 bits per heavy atom. The molecule has 190 valence electrons. The van der Waals surface area contributed by atoms with Gasteiger partial charge in [-0.25, -0.2) is 4.99 Å². The van der Waals surface area contributed by atoms with Crippen LogP contribution in [0.3, 0.4) is 0 Å². The van der Waals surface area contributed by atoms with E-state index < -0.39 is 0 Å². The number of aliphatic imine (C=N–C) groups is 2. The number of likely N-dealkylation sites (tertiary alicyclic amines) is 1.